The van der Waals surface area contributed by atoms with E-state index in [1.54, 1.807) is 19.3 Å². The summed E-state index contributed by atoms with van der Waals surface area (Å²) in [6.07, 6.45) is 26.1. The highest BCUT2D eigenvalue weighted by Gasteiger charge is 2.68. The number of cyclic esters (lactones) is 1. The summed E-state index contributed by atoms with van der Waals surface area (Å²) < 4.78 is 24.2. The topological polar surface area (TPSA) is 88.1 Å². The number of carbonyl (C=O) groups excluding carboxylic acids is 3. The Morgan fingerprint density at radius 1 is 0.557 bits per heavy atom. The second-order valence-corrected chi connectivity index (χ2v) is 22.6. The Bertz CT molecular complexity index is 1410. The first kappa shape index (κ1) is 47.3. The van der Waals surface area contributed by atoms with Crippen molar-refractivity contribution < 1.29 is 33.3 Å². The third-order valence-electron chi connectivity index (χ3n) is 19.8. The van der Waals surface area contributed by atoms with Crippen molar-refractivity contribution in [3.05, 3.63) is 0 Å². The van der Waals surface area contributed by atoms with Crippen molar-refractivity contribution in [1.82, 2.24) is 0 Å². The number of fused-ring (bicyclic) bond motifs is 7. The van der Waals surface area contributed by atoms with E-state index in [9.17, 15) is 14.4 Å². The highest BCUT2D eigenvalue weighted by molar-refractivity contribution is 5.84. The summed E-state index contributed by atoms with van der Waals surface area (Å²) in [5, 5.41) is 0. The molecule has 0 spiro atoms. The van der Waals surface area contributed by atoms with E-state index >= 15 is 0 Å². The van der Waals surface area contributed by atoms with Crippen LogP contribution in [0.1, 0.15) is 210 Å². The molecule has 2 saturated heterocycles. The van der Waals surface area contributed by atoms with Crippen LogP contribution in [0.3, 0.4) is 0 Å². The molecule has 9 aliphatic rings. The van der Waals surface area contributed by atoms with Gasteiger partial charge in [-0.15, -0.1) is 0 Å². The number of hydrogen-bond acceptors (Lipinski definition) is 7. The van der Waals surface area contributed by atoms with Gasteiger partial charge in [-0.05, 0) is 182 Å². The molecule has 0 amide bonds. The van der Waals surface area contributed by atoms with Gasteiger partial charge in [0.25, 0.3) is 0 Å². The van der Waals surface area contributed by atoms with Crippen LogP contribution in [-0.4, -0.2) is 46.9 Å². The molecule has 16 unspecified atom stereocenters. The smallest absolute Gasteiger partial charge is 0.312 e. The lowest BCUT2D eigenvalue weighted by molar-refractivity contribution is -0.183. The largest absolute Gasteiger partial charge is 0.459 e. The Kier molecular flexibility index (Phi) is 15.1. The van der Waals surface area contributed by atoms with Crippen molar-refractivity contribution in [2.75, 3.05) is 0 Å². The van der Waals surface area contributed by atoms with Crippen LogP contribution in [0.15, 0.2) is 0 Å². The van der Waals surface area contributed by atoms with E-state index in [1.165, 1.54) is 38.5 Å². The van der Waals surface area contributed by atoms with E-state index in [0.717, 1.165) is 107 Å². The minimum atomic E-state index is -0.355. The standard InChI is InChI=1S/C30H48O4.C12H20O3.C12H22/c1-5-19-17-20(6-2)24-22-18-21(23(19)24)25(27(31)33-29(7-3)13-9-10-14-29)26(22)28(32)34-30(8-4)15-11-12-16-30;1-5-7-9-10(8(6-2)14-7)12(3,4)15-11(9)13;1-3-9-8-10(4-2)12-7-5-6-11(9)12/h19-26H,5-18H2,1-4H3;7-10H,5-6H2,1-4H3;9-12H,3-8H2,1-2H3. The van der Waals surface area contributed by atoms with Gasteiger partial charge in [0.2, 0.25) is 0 Å². The molecule has 7 aliphatic carbocycles. The van der Waals surface area contributed by atoms with Gasteiger partial charge in [0.15, 0.2) is 0 Å². The van der Waals surface area contributed by atoms with Gasteiger partial charge in [-0.25, -0.2) is 0 Å². The van der Waals surface area contributed by atoms with Gasteiger partial charge in [0.05, 0.1) is 30.0 Å². The third kappa shape index (κ3) is 8.78. The molecule has 61 heavy (non-hydrogen) atoms. The second-order valence-electron chi connectivity index (χ2n) is 22.6. The molecule has 0 aromatic heterocycles. The van der Waals surface area contributed by atoms with Crippen molar-refractivity contribution in [1.29, 1.82) is 0 Å². The summed E-state index contributed by atoms with van der Waals surface area (Å²) in [6.45, 7) is 21.9. The number of rotatable bonds is 12. The summed E-state index contributed by atoms with van der Waals surface area (Å²) in [4.78, 5) is 39.7. The summed E-state index contributed by atoms with van der Waals surface area (Å²) in [5.41, 5.74) is -0.949. The SMILES string of the molecule is CCC1CC(CC)C2C3CC(C(C(=O)OC4(CC)CCCC4)C3C(=O)OC3(CC)CCCC3)C12.CCC1CC(CC)C2CCCC12.CCC1OC(CC)C2C1C(=O)OC2(C)C. The fraction of sp³-hybridized carbons (Fsp3) is 0.944. The van der Waals surface area contributed by atoms with Gasteiger partial charge in [-0.3, -0.25) is 14.4 Å². The minimum Gasteiger partial charge on any atom is -0.459 e. The Hall–Kier alpha value is -1.63. The zero-order valence-electron chi connectivity index (χ0n) is 40.7. The van der Waals surface area contributed by atoms with Crippen LogP contribution in [0.5, 0.6) is 0 Å². The van der Waals surface area contributed by atoms with Crippen LogP contribution < -0.4 is 0 Å². The maximum absolute atomic E-state index is 14.0. The first-order chi connectivity index (χ1) is 29.3. The average molecular weight is 851 g/mol. The predicted molar refractivity (Wildman–Crippen MR) is 242 cm³/mol. The summed E-state index contributed by atoms with van der Waals surface area (Å²) in [7, 11) is 0. The highest BCUT2D eigenvalue weighted by Crippen LogP contribution is 2.68. The molecule has 0 aromatic rings. The molecule has 7 heteroatoms. The quantitative estimate of drug-likeness (QED) is 0.143. The monoisotopic (exact) mass is 851 g/mol. The van der Waals surface area contributed by atoms with Crippen LogP contribution in [0.25, 0.3) is 0 Å². The number of ether oxygens (including phenoxy) is 4. The maximum Gasteiger partial charge on any atom is 0.312 e. The number of carbonyl (C=O) groups is 3. The molecule has 348 valence electrons. The maximum atomic E-state index is 14.0. The molecule has 2 heterocycles. The van der Waals surface area contributed by atoms with E-state index < -0.39 is 0 Å². The Balaban J connectivity index is 0.000000169. The number of hydrogen-bond donors (Lipinski definition) is 0. The molecule has 9 rings (SSSR count). The fourth-order valence-corrected chi connectivity index (χ4v) is 16.7. The Labute approximate surface area is 372 Å². The van der Waals surface area contributed by atoms with Crippen molar-refractivity contribution in [2.45, 2.75) is 240 Å². The van der Waals surface area contributed by atoms with Gasteiger partial charge in [0, 0.05) is 5.92 Å². The van der Waals surface area contributed by atoms with E-state index in [4.69, 9.17) is 18.9 Å². The van der Waals surface area contributed by atoms with Crippen molar-refractivity contribution in [3.8, 4) is 0 Å². The van der Waals surface area contributed by atoms with Gasteiger partial charge >= 0.3 is 17.9 Å². The molecule has 9 fully saturated rings. The second kappa shape index (κ2) is 19.5. The Morgan fingerprint density at radius 3 is 1.38 bits per heavy atom. The highest BCUT2D eigenvalue weighted by atomic mass is 16.6. The zero-order chi connectivity index (χ0) is 43.9. The summed E-state index contributed by atoms with van der Waals surface area (Å²) >= 11 is 0. The Morgan fingerprint density at radius 2 is 0.984 bits per heavy atom. The number of esters is 3. The molecule has 2 bridgehead atoms. The van der Waals surface area contributed by atoms with Crippen molar-refractivity contribution in [3.63, 3.8) is 0 Å². The van der Waals surface area contributed by atoms with E-state index in [2.05, 4.69) is 55.4 Å². The van der Waals surface area contributed by atoms with Gasteiger partial charge in [-0.1, -0.05) is 87.5 Å². The lowest BCUT2D eigenvalue weighted by Gasteiger charge is -2.41. The molecule has 2 aliphatic heterocycles. The lowest BCUT2D eigenvalue weighted by atomic mass is 9.65. The average Bonchev–Trinajstić information content (AvgIpc) is 4.11. The predicted octanol–water partition coefficient (Wildman–Crippen LogP) is 13.1. The molecule has 0 radical (unpaired) electrons. The van der Waals surface area contributed by atoms with Crippen LogP contribution in [0.2, 0.25) is 0 Å². The van der Waals surface area contributed by atoms with Crippen molar-refractivity contribution >= 4 is 17.9 Å². The molecule has 0 N–H and O–H groups in total. The summed E-state index contributed by atoms with van der Waals surface area (Å²) in [6, 6.07) is 0. The molecular weight excluding hydrogens is 761 g/mol. The van der Waals surface area contributed by atoms with Crippen LogP contribution in [-0.2, 0) is 33.3 Å². The van der Waals surface area contributed by atoms with Crippen molar-refractivity contribution in [2.24, 2.45) is 82.9 Å². The minimum absolute atomic E-state index is 0.0325. The van der Waals surface area contributed by atoms with Crippen LogP contribution in [0, 0.1) is 82.9 Å². The van der Waals surface area contributed by atoms with Gasteiger partial charge in [-0.2, -0.15) is 0 Å². The summed E-state index contributed by atoms with van der Waals surface area (Å²) in [5.74, 6) is 7.09. The van der Waals surface area contributed by atoms with E-state index in [-0.39, 0.29) is 70.6 Å². The van der Waals surface area contributed by atoms with Crippen LogP contribution in [0.4, 0.5) is 0 Å². The molecule has 7 saturated carbocycles. The normalized spacial score (nSPS) is 42.8. The molecule has 0 aromatic carbocycles. The molecule has 7 nitrogen and oxygen atoms in total. The first-order valence-corrected chi connectivity index (χ1v) is 26.6. The van der Waals surface area contributed by atoms with Gasteiger partial charge < -0.3 is 18.9 Å². The lowest BCUT2D eigenvalue weighted by Crippen LogP contribution is -2.48. The molecule has 16 atom stereocenters. The van der Waals surface area contributed by atoms with E-state index in [1.807, 2.05) is 13.8 Å². The van der Waals surface area contributed by atoms with Gasteiger partial charge in [0.1, 0.15) is 16.8 Å². The van der Waals surface area contributed by atoms with E-state index in [0.29, 0.717) is 35.5 Å². The molecular formula is C54H90O7. The first-order valence-electron chi connectivity index (χ1n) is 26.6. The zero-order valence-corrected chi connectivity index (χ0v) is 40.7. The fourth-order valence-electron chi connectivity index (χ4n) is 16.7. The third-order valence-corrected chi connectivity index (χ3v) is 19.8. The van der Waals surface area contributed by atoms with Crippen LogP contribution >= 0.6 is 0 Å².